The van der Waals surface area contributed by atoms with Gasteiger partial charge in [-0.2, -0.15) is 0 Å². The van der Waals surface area contributed by atoms with Crippen LogP contribution in [0.4, 0.5) is 0 Å². The summed E-state index contributed by atoms with van der Waals surface area (Å²) in [7, 11) is 5.61. The molecule has 1 aromatic carbocycles. The Bertz CT molecular complexity index is 489. The molecule has 0 aliphatic carbocycles. The molecule has 0 amide bonds. The number of hydrogen-bond acceptors (Lipinski definition) is 4. The zero-order chi connectivity index (χ0) is 18.5. The van der Waals surface area contributed by atoms with Crippen molar-refractivity contribution in [1.82, 2.24) is 15.5 Å². The lowest BCUT2D eigenvalue weighted by atomic mass is 10.2. The summed E-state index contributed by atoms with van der Waals surface area (Å²) < 4.78 is 10.8. The van der Waals surface area contributed by atoms with Crippen LogP contribution in [0.2, 0.25) is 0 Å². The van der Waals surface area contributed by atoms with E-state index < -0.39 is 0 Å². The Morgan fingerprint density at radius 3 is 2.32 bits per heavy atom. The van der Waals surface area contributed by atoms with Crippen LogP contribution in [0, 0.1) is 0 Å². The van der Waals surface area contributed by atoms with E-state index in [4.69, 9.17) is 9.47 Å². The molecule has 1 aromatic rings. The minimum absolute atomic E-state index is 0.576. The third-order valence-corrected chi connectivity index (χ3v) is 4.06. The number of guanidine groups is 1. The fourth-order valence-corrected chi connectivity index (χ4v) is 2.18. The molecule has 0 saturated carbocycles. The van der Waals surface area contributed by atoms with Crippen molar-refractivity contribution in [3.05, 3.63) is 24.3 Å². The van der Waals surface area contributed by atoms with Crippen molar-refractivity contribution >= 4 is 5.96 Å². The molecule has 6 nitrogen and oxygen atoms in total. The number of nitrogens with zero attached hydrogens (tertiary/aromatic N) is 2. The van der Waals surface area contributed by atoms with Gasteiger partial charge in [0.15, 0.2) is 5.96 Å². The summed E-state index contributed by atoms with van der Waals surface area (Å²) in [5.74, 6) is 2.48. The number of aliphatic imine (C=N–C) groups is 1. The van der Waals surface area contributed by atoms with E-state index in [1.54, 1.807) is 14.2 Å². The van der Waals surface area contributed by atoms with Gasteiger partial charge in [0.1, 0.15) is 18.1 Å². The Kier molecular flexibility index (Phi) is 10.5. The van der Waals surface area contributed by atoms with Gasteiger partial charge in [0.05, 0.1) is 13.7 Å². The molecule has 25 heavy (non-hydrogen) atoms. The zero-order valence-corrected chi connectivity index (χ0v) is 16.3. The van der Waals surface area contributed by atoms with E-state index >= 15 is 0 Å². The smallest absolute Gasteiger partial charge is 0.191 e. The third-order valence-electron chi connectivity index (χ3n) is 4.06. The fourth-order valence-electron chi connectivity index (χ4n) is 2.18. The van der Waals surface area contributed by atoms with Crippen LogP contribution in [-0.2, 0) is 0 Å². The maximum absolute atomic E-state index is 5.69. The van der Waals surface area contributed by atoms with E-state index in [1.165, 1.54) is 6.42 Å². The quantitative estimate of drug-likeness (QED) is 0.364. The highest BCUT2D eigenvalue weighted by molar-refractivity contribution is 5.79. The second-order valence-corrected chi connectivity index (χ2v) is 6.23. The van der Waals surface area contributed by atoms with Crippen molar-refractivity contribution in [3.63, 3.8) is 0 Å². The van der Waals surface area contributed by atoms with Crippen LogP contribution >= 0.6 is 0 Å². The molecule has 1 rings (SSSR count). The van der Waals surface area contributed by atoms with Crippen molar-refractivity contribution in [2.75, 3.05) is 47.4 Å². The SMILES string of the molecule is CN=C(NCCCCN(C)C(C)C)NCCOc1ccc(OC)cc1. The summed E-state index contributed by atoms with van der Waals surface area (Å²) in [6, 6.07) is 8.19. The van der Waals surface area contributed by atoms with Crippen molar-refractivity contribution in [3.8, 4) is 11.5 Å². The first-order valence-electron chi connectivity index (χ1n) is 8.98. The Balaban J connectivity index is 2.11. The molecule has 0 spiro atoms. The van der Waals surface area contributed by atoms with Gasteiger partial charge in [0, 0.05) is 19.6 Å². The second-order valence-electron chi connectivity index (χ2n) is 6.23. The van der Waals surface area contributed by atoms with Crippen LogP contribution in [0.25, 0.3) is 0 Å². The summed E-state index contributed by atoms with van der Waals surface area (Å²) in [6.45, 7) is 7.76. The Labute approximate surface area is 152 Å². The molecule has 2 N–H and O–H groups in total. The predicted octanol–water partition coefficient (Wildman–Crippen LogP) is 2.36. The number of ether oxygens (including phenoxy) is 2. The van der Waals surface area contributed by atoms with Crippen molar-refractivity contribution in [2.24, 2.45) is 4.99 Å². The van der Waals surface area contributed by atoms with Gasteiger partial charge >= 0.3 is 0 Å². The van der Waals surface area contributed by atoms with Crippen LogP contribution in [-0.4, -0.2) is 64.3 Å². The lowest BCUT2D eigenvalue weighted by Gasteiger charge is -2.20. The molecule has 0 aromatic heterocycles. The molecule has 6 heteroatoms. The van der Waals surface area contributed by atoms with Gasteiger partial charge in [-0.3, -0.25) is 4.99 Å². The van der Waals surface area contributed by atoms with Crippen molar-refractivity contribution < 1.29 is 9.47 Å². The molecular formula is C19H34N4O2. The van der Waals surface area contributed by atoms with E-state index in [2.05, 4.69) is 41.4 Å². The molecule has 0 aliphatic rings. The molecule has 0 saturated heterocycles. The highest BCUT2D eigenvalue weighted by atomic mass is 16.5. The maximum Gasteiger partial charge on any atom is 0.191 e. The number of benzene rings is 1. The lowest BCUT2D eigenvalue weighted by molar-refractivity contribution is 0.268. The first kappa shape index (κ1) is 21.1. The van der Waals surface area contributed by atoms with Gasteiger partial charge in [-0.15, -0.1) is 0 Å². The molecule has 0 aliphatic heterocycles. The van der Waals surface area contributed by atoms with Crippen LogP contribution < -0.4 is 20.1 Å². The van der Waals surface area contributed by atoms with Crippen LogP contribution in [0.5, 0.6) is 11.5 Å². The molecule has 0 fully saturated rings. The zero-order valence-electron chi connectivity index (χ0n) is 16.3. The van der Waals surface area contributed by atoms with Crippen molar-refractivity contribution in [2.45, 2.75) is 32.7 Å². The summed E-state index contributed by atoms with van der Waals surface area (Å²) >= 11 is 0. The second kappa shape index (κ2) is 12.4. The molecule has 142 valence electrons. The molecule has 0 radical (unpaired) electrons. The fraction of sp³-hybridized carbons (Fsp3) is 0.632. The Morgan fingerprint density at radius 2 is 1.72 bits per heavy atom. The van der Waals surface area contributed by atoms with E-state index in [0.717, 1.165) is 37.0 Å². The van der Waals surface area contributed by atoms with Crippen LogP contribution in [0.15, 0.2) is 29.3 Å². The molecule has 0 unspecified atom stereocenters. The summed E-state index contributed by atoms with van der Waals surface area (Å²) in [5.41, 5.74) is 0. The van der Waals surface area contributed by atoms with Gasteiger partial charge in [-0.25, -0.2) is 0 Å². The van der Waals surface area contributed by atoms with Gasteiger partial charge in [0.25, 0.3) is 0 Å². The van der Waals surface area contributed by atoms with Gasteiger partial charge in [-0.05, 0) is 64.5 Å². The van der Waals surface area contributed by atoms with Gasteiger partial charge in [0.2, 0.25) is 0 Å². The molecule has 0 bridgehead atoms. The third kappa shape index (κ3) is 9.19. The topological polar surface area (TPSA) is 58.1 Å². The van der Waals surface area contributed by atoms with Crippen molar-refractivity contribution in [1.29, 1.82) is 0 Å². The molecular weight excluding hydrogens is 316 g/mol. The van der Waals surface area contributed by atoms with E-state index in [0.29, 0.717) is 19.2 Å². The van der Waals surface area contributed by atoms with Gasteiger partial charge < -0.3 is 25.0 Å². The van der Waals surface area contributed by atoms with E-state index in [-0.39, 0.29) is 0 Å². The monoisotopic (exact) mass is 350 g/mol. The predicted molar refractivity (Wildman–Crippen MR) is 105 cm³/mol. The average Bonchev–Trinajstić information content (AvgIpc) is 2.63. The highest BCUT2D eigenvalue weighted by Crippen LogP contribution is 2.16. The molecule has 0 heterocycles. The summed E-state index contributed by atoms with van der Waals surface area (Å²) in [4.78, 5) is 6.59. The summed E-state index contributed by atoms with van der Waals surface area (Å²) in [6.07, 6.45) is 2.30. The maximum atomic E-state index is 5.69. The normalized spacial score (nSPS) is 11.7. The first-order chi connectivity index (χ1) is 12.1. The van der Waals surface area contributed by atoms with E-state index in [1.807, 2.05) is 24.3 Å². The standard InChI is InChI=1S/C19H34N4O2/c1-16(2)23(4)14-7-6-12-21-19(20-3)22-13-15-25-18-10-8-17(24-5)9-11-18/h8-11,16H,6-7,12-15H2,1-5H3,(H2,20,21,22). The number of rotatable bonds is 11. The minimum Gasteiger partial charge on any atom is -0.497 e. The number of hydrogen-bond donors (Lipinski definition) is 2. The lowest BCUT2D eigenvalue weighted by Crippen LogP contribution is -2.39. The Hall–Kier alpha value is -1.95. The van der Waals surface area contributed by atoms with Crippen LogP contribution in [0.3, 0.4) is 0 Å². The Morgan fingerprint density at radius 1 is 1.08 bits per heavy atom. The van der Waals surface area contributed by atoms with Crippen LogP contribution in [0.1, 0.15) is 26.7 Å². The molecule has 0 atom stereocenters. The number of nitrogens with one attached hydrogen (secondary N) is 2. The average molecular weight is 351 g/mol. The first-order valence-corrected chi connectivity index (χ1v) is 8.98. The highest BCUT2D eigenvalue weighted by Gasteiger charge is 2.02. The summed E-state index contributed by atoms with van der Waals surface area (Å²) in [5, 5.41) is 6.59. The number of methoxy groups -OCH3 is 1. The largest absolute Gasteiger partial charge is 0.497 e. The van der Waals surface area contributed by atoms with Gasteiger partial charge in [-0.1, -0.05) is 0 Å². The van der Waals surface area contributed by atoms with E-state index in [9.17, 15) is 0 Å². The number of unbranched alkanes of at least 4 members (excludes halogenated alkanes) is 1. The minimum atomic E-state index is 0.576.